The van der Waals surface area contributed by atoms with Crippen LogP contribution in [0.4, 0.5) is 5.69 Å². The highest BCUT2D eigenvalue weighted by Crippen LogP contribution is 2.38. The molecular weight excluding hydrogens is 444 g/mol. The summed E-state index contributed by atoms with van der Waals surface area (Å²) >= 11 is 6.33. The molecule has 5 heteroatoms. The summed E-state index contributed by atoms with van der Waals surface area (Å²) in [5, 5.41) is 3.79. The Morgan fingerprint density at radius 2 is 1.59 bits per heavy atom. The summed E-state index contributed by atoms with van der Waals surface area (Å²) < 4.78 is 0. The van der Waals surface area contributed by atoms with E-state index in [0.29, 0.717) is 24.0 Å². The SMILES string of the molecule is CC(=O)N(Cc1ccccc1Cl)c1ccc(C(C(=O)NCc2ccccc2)C2CCCC2)cc1. The van der Waals surface area contributed by atoms with Crippen molar-refractivity contribution in [1.29, 1.82) is 0 Å². The summed E-state index contributed by atoms with van der Waals surface area (Å²) in [6.45, 7) is 2.48. The van der Waals surface area contributed by atoms with Crippen LogP contribution in [0.1, 0.15) is 55.2 Å². The minimum atomic E-state index is -0.186. The number of nitrogens with zero attached hydrogens (tertiary/aromatic N) is 1. The Morgan fingerprint density at radius 1 is 0.941 bits per heavy atom. The van der Waals surface area contributed by atoms with Gasteiger partial charge < -0.3 is 10.2 Å². The van der Waals surface area contributed by atoms with E-state index in [4.69, 9.17) is 11.6 Å². The molecule has 1 saturated carbocycles. The smallest absolute Gasteiger partial charge is 0.228 e. The van der Waals surface area contributed by atoms with Crippen molar-refractivity contribution in [1.82, 2.24) is 5.32 Å². The van der Waals surface area contributed by atoms with Crippen LogP contribution in [0.2, 0.25) is 5.02 Å². The van der Waals surface area contributed by atoms with Crippen LogP contribution < -0.4 is 10.2 Å². The van der Waals surface area contributed by atoms with E-state index in [1.807, 2.05) is 78.9 Å². The molecular formula is C29H31ClN2O2. The van der Waals surface area contributed by atoms with Crippen LogP contribution in [0, 0.1) is 5.92 Å². The van der Waals surface area contributed by atoms with Crippen LogP contribution in [0.5, 0.6) is 0 Å². The molecule has 0 aromatic heterocycles. The van der Waals surface area contributed by atoms with Gasteiger partial charge in [0.1, 0.15) is 0 Å². The number of carbonyl (C=O) groups is 2. The van der Waals surface area contributed by atoms with E-state index in [1.54, 1.807) is 11.8 Å². The molecule has 1 N–H and O–H groups in total. The number of benzene rings is 3. The van der Waals surface area contributed by atoms with Gasteiger partial charge in [-0.3, -0.25) is 9.59 Å². The Bertz CT molecular complexity index is 1110. The molecule has 1 fully saturated rings. The average molecular weight is 475 g/mol. The summed E-state index contributed by atoms with van der Waals surface area (Å²) in [6.07, 6.45) is 4.47. The predicted molar refractivity (Wildman–Crippen MR) is 138 cm³/mol. The van der Waals surface area contributed by atoms with Crippen molar-refractivity contribution in [2.75, 3.05) is 4.90 Å². The van der Waals surface area contributed by atoms with Crippen molar-refractivity contribution in [3.05, 3.63) is 101 Å². The van der Waals surface area contributed by atoms with E-state index in [0.717, 1.165) is 35.2 Å². The number of carbonyl (C=O) groups excluding carboxylic acids is 2. The van der Waals surface area contributed by atoms with Crippen molar-refractivity contribution in [2.24, 2.45) is 5.92 Å². The second-order valence-corrected chi connectivity index (χ2v) is 9.42. The molecule has 0 spiro atoms. The average Bonchev–Trinajstić information content (AvgIpc) is 3.38. The highest BCUT2D eigenvalue weighted by molar-refractivity contribution is 6.31. The lowest BCUT2D eigenvalue weighted by Crippen LogP contribution is -2.32. The minimum absolute atomic E-state index is 0.0550. The quantitative estimate of drug-likeness (QED) is 0.406. The van der Waals surface area contributed by atoms with E-state index >= 15 is 0 Å². The summed E-state index contributed by atoms with van der Waals surface area (Å²) in [5.74, 6) is 0.173. The zero-order chi connectivity index (χ0) is 23.9. The maximum absolute atomic E-state index is 13.3. The first-order valence-electron chi connectivity index (χ1n) is 12.0. The largest absolute Gasteiger partial charge is 0.351 e. The van der Waals surface area contributed by atoms with Gasteiger partial charge in [-0.15, -0.1) is 0 Å². The number of nitrogens with one attached hydrogen (secondary N) is 1. The highest BCUT2D eigenvalue weighted by Gasteiger charge is 2.32. The predicted octanol–water partition coefficient (Wildman–Crippen LogP) is 6.48. The lowest BCUT2D eigenvalue weighted by molar-refractivity contribution is -0.124. The maximum Gasteiger partial charge on any atom is 0.228 e. The van der Waals surface area contributed by atoms with Gasteiger partial charge >= 0.3 is 0 Å². The van der Waals surface area contributed by atoms with Crippen LogP contribution in [0.3, 0.4) is 0 Å². The van der Waals surface area contributed by atoms with Gasteiger partial charge in [0.25, 0.3) is 0 Å². The van der Waals surface area contributed by atoms with Gasteiger partial charge in [0.2, 0.25) is 11.8 Å². The molecule has 34 heavy (non-hydrogen) atoms. The molecule has 4 nitrogen and oxygen atoms in total. The molecule has 1 atom stereocenters. The fourth-order valence-electron chi connectivity index (χ4n) is 4.87. The Hall–Kier alpha value is -3.11. The van der Waals surface area contributed by atoms with E-state index in [9.17, 15) is 9.59 Å². The van der Waals surface area contributed by atoms with E-state index < -0.39 is 0 Å². The molecule has 0 bridgehead atoms. The molecule has 4 rings (SSSR count). The van der Waals surface area contributed by atoms with Crippen molar-refractivity contribution in [2.45, 2.75) is 51.6 Å². The lowest BCUT2D eigenvalue weighted by atomic mass is 9.84. The summed E-state index contributed by atoms with van der Waals surface area (Å²) in [6, 6.07) is 25.4. The third kappa shape index (κ3) is 5.87. The van der Waals surface area contributed by atoms with Crippen molar-refractivity contribution < 1.29 is 9.59 Å². The first-order valence-corrected chi connectivity index (χ1v) is 12.3. The first kappa shape index (κ1) is 24.0. The number of amides is 2. The molecule has 0 aliphatic heterocycles. The van der Waals surface area contributed by atoms with Crippen LogP contribution in [-0.2, 0) is 22.7 Å². The van der Waals surface area contributed by atoms with Crippen LogP contribution in [0.25, 0.3) is 0 Å². The number of rotatable bonds is 8. The topological polar surface area (TPSA) is 49.4 Å². The number of halogens is 1. The van der Waals surface area contributed by atoms with Crippen LogP contribution in [-0.4, -0.2) is 11.8 Å². The number of hydrogen-bond donors (Lipinski definition) is 1. The van der Waals surface area contributed by atoms with Crippen LogP contribution in [0.15, 0.2) is 78.9 Å². The number of anilines is 1. The molecule has 1 unspecified atom stereocenters. The maximum atomic E-state index is 13.3. The van der Waals surface area contributed by atoms with Crippen molar-refractivity contribution >= 4 is 29.1 Å². The summed E-state index contributed by atoms with van der Waals surface area (Å²) in [5.41, 5.74) is 3.79. The second-order valence-electron chi connectivity index (χ2n) is 9.01. The summed E-state index contributed by atoms with van der Waals surface area (Å²) in [4.78, 5) is 27.5. The number of hydrogen-bond acceptors (Lipinski definition) is 2. The van der Waals surface area contributed by atoms with Gasteiger partial charge in [-0.05, 0) is 53.6 Å². The molecule has 0 radical (unpaired) electrons. The molecule has 0 saturated heterocycles. The highest BCUT2D eigenvalue weighted by atomic mass is 35.5. The van der Waals surface area contributed by atoms with Gasteiger partial charge in [0.15, 0.2) is 0 Å². The Balaban J connectivity index is 1.53. The third-order valence-electron chi connectivity index (χ3n) is 6.69. The third-order valence-corrected chi connectivity index (χ3v) is 7.06. The van der Waals surface area contributed by atoms with Crippen LogP contribution >= 0.6 is 11.6 Å². The normalized spacial score (nSPS) is 14.5. The Labute approximate surface area is 206 Å². The van der Waals surface area contributed by atoms with Gasteiger partial charge in [-0.2, -0.15) is 0 Å². The van der Waals surface area contributed by atoms with E-state index in [2.05, 4.69) is 5.32 Å². The molecule has 3 aromatic carbocycles. The lowest BCUT2D eigenvalue weighted by Gasteiger charge is -2.25. The van der Waals surface area contributed by atoms with Gasteiger partial charge in [0, 0.05) is 24.2 Å². The minimum Gasteiger partial charge on any atom is -0.351 e. The fourth-order valence-corrected chi connectivity index (χ4v) is 5.06. The molecule has 1 aliphatic carbocycles. The second kappa shape index (κ2) is 11.3. The Kier molecular flexibility index (Phi) is 8.02. The zero-order valence-corrected chi connectivity index (χ0v) is 20.3. The van der Waals surface area contributed by atoms with Crippen molar-refractivity contribution in [3.63, 3.8) is 0 Å². The molecule has 0 heterocycles. The first-order chi connectivity index (χ1) is 16.5. The molecule has 3 aromatic rings. The fraction of sp³-hybridized carbons (Fsp3) is 0.310. The monoisotopic (exact) mass is 474 g/mol. The van der Waals surface area contributed by atoms with Gasteiger partial charge in [-0.25, -0.2) is 0 Å². The summed E-state index contributed by atoms with van der Waals surface area (Å²) in [7, 11) is 0. The zero-order valence-electron chi connectivity index (χ0n) is 19.5. The van der Waals surface area contributed by atoms with Gasteiger partial charge in [0.05, 0.1) is 12.5 Å². The molecule has 176 valence electrons. The molecule has 1 aliphatic rings. The van der Waals surface area contributed by atoms with E-state index in [-0.39, 0.29) is 17.7 Å². The molecule has 2 amide bonds. The van der Waals surface area contributed by atoms with Gasteiger partial charge in [-0.1, -0.05) is 85.1 Å². The Morgan fingerprint density at radius 3 is 2.24 bits per heavy atom. The van der Waals surface area contributed by atoms with E-state index in [1.165, 1.54) is 12.8 Å². The standard InChI is InChI=1S/C29H31ClN2O2/c1-21(33)32(20-25-13-7-8-14-27(25)30)26-17-15-24(16-18-26)28(23-11-5-6-12-23)29(34)31-19-22-9-3-2-4-10-22/h2-4,7-10,13-18,23,28H,5-6,11-12,19-20H2,1H3,(H,31,34). The van der Waals surface area contributed by atoms with Crippen molar-refractivity contribution in [3.8, 4) is 0 Å².